The van der Waals surface area contributed by atoms with Crippen molar-refractivity contribution in [3.05, 3.63) is 0 Å². The van der Waals surface area contributed by atoms with E-state index in [0.717, 1.165) is 0 Å². The number of halogens is 3. The van der Waals surface area contributed by atoms with E-state index in [-0.39, 0.29) is 0 Å². The summed E-state index contributed by atoms with van der Waals surface area (Å²) in [7, 11) is 0. The summed E-state index contributed by atoms with van der Waals surface area (Å²) in [4.78, 5) is 0. The first-order valence-electron chi connectivity index (χ1n) is 4.37. The number of aliphatic hydroxyl groups excluding tert-OH is 1. The van der Waals surface area contributed by atoms with Crippen LogP contribution in [-0.4, -0.2) is 17.9 Å². The van der Waals surface area contributed by atoms with Gasteiger partial charge in [-0.1, -0.05) is 27.7 Å². The largest absolute Gasteiger partial charge is 0.397 e. The van der Waals surface area contributed by atoms with Crippen molar-refractivity contribution in [3.63, 3.8) is 0 Å². The molecule has 0 rings (SSSR count). The molecule has 0 bridgehead atoms. The average Bonchev–Trinajstić information content (AvgIpc) is 1.83. The lowest BCUT2D eigenvalue weighted by Crippen LogP contribution is -2.49. The highest BCUT2D eigenvalue weighted by Gasteiger charge is 2.58. The molecule has 0 spiro atoms. The highest BCUT2D eigenvalue weighted by Crippen LogP contribution is 2.49. The van der Waals surface area contributed by atoms with Crippen LogP contribution in [0.25, 0.3) is 0 Å². The fourth-order valence-electron chi connectivity index (χ4n) is 1.78. The Labute approximate surface area is 76.9 Å². The highest BCUT2D eigenvalue weighted by molar-refractivity contribution is 4.91. The fourth-order valence-corrected chi connectivity index (χ4v) is 1.78. The van der Waals surface area contributed by atoms with Crippen molar-refractivity contribution in [1.82, 2.24) is 0 Å². The first-order valence-corrected chi connectivity index (χ1v) is 4.37. The minimum absolute atomic E-state index is 0.613. The van der Waals surface area contributed by atoms with E-state index >= 15 is 0 Å². The van der Waals surface area contributed by atoms with E-state index in [1.807, 2.05) is 0 Å². The highest BCUT2D eigenvalue weighted by atomic mass is 19.4. The molecule has 0 saturated heterocycles. The first-order chi connectivity index (χ1) is 5.70. The standard InChI is InChI=1S/C9H17F3O/c1-6(2)8(5-13,7(3)4)9(10,11)12/h6-7,13H,5H2,1-4H3. The summed E-state index contributed by atoms with van der Waals surface area (Å²) >= 11 is 0. The Kier molecular flexibility index (Phi) is 3.79. The van der Waals surface area contributed by atoms with Gasteiger partial charge in [-0.15, -0.1) is 0 Å². The summed E-state index contributed by atoms with van der Waals surface area (Å²) in [5, 5.41) is 8.93. The molecular formula is C9H17F3O. The Bertz CT molecular complexity index is 153. The van der Waals surface area contributed by atoms with Gasteiger partial charge in [0.1, 0.15) is 0 Å². The molecule has 0 aromatic rings. The molecule has 0 aromatic heterocycles. The van der Waals surface area contributed by atoms with E-state index in [0.29, 0.717) is 0 Å². The molecule has 0 unspecified atom stereocenters. The maximum Gasteiger partial charge on any atom is 0.397 e. The van der Waals surface area contributed by atoms with Gasteiger partial charge in [0.05, 0.1) is 12.0 Å². The molecular weight excluding hydrogens is 181 g/mol. The number of alkyl halides is 3. The summed E-state index contributed by atoms with van der Waals surface area (Å²) in [5.41, 5.74) is -1.97. The average molecular weight is 198 g/mol. The molecule has 0 aliphatic rings. The number of hydrogen-bond acceptors (Lipinski definition) is 1. The molecule has 0 aliphatic carbocycles. The van der Waals surface area contributed by atoms with Gasteiger partial charge < -0.3 is 5.11 Å². The maximum absolute atomic E-state index is 12.7. The minimum Gasteiger partial charge on any atom is -0.395 e. The quantitative estimate of drug-likeness (QED) is 0.739. The second-order valence-electron chi connectivity index (χ2n) is 4.01. The monoisotopic (exact) mass is 198 g/mol. The van der Waals surface area contributed by atoms with Crippen LogP contribution in [0.1, 0.15) is 27.7 Å². The Morgan fingerprint density at radius 1 is 1.00 bits per heavy atom. The molecule has 0 radical (unpaired) electrons. The molecule has 80 valence electrons. The van der Waals surface area contributed by atoms with E-state index in [4.69, 9.17) is 5.11 Å². The van der Waals surface area contributed by atoms with E-state index in [1.165, 1.54) is 27.7 Å². The van der Waals surface area contributed by atoms with Crippen LogP contribution in [-0.2, 0) is 0 Å². The third kappa shape index (κ3) is 1.98. The van der Waals surface area contributed by atoms with Crippen molar-refractivity contribution < 1.29 is 18.3 Å². The van der Waals surface area contributed by atoms with Crippen molar-refractivity contribution in [2.75, 3.05) is 6.61 Å². The van der Waals surface area contributed by atoms with Crippen LogP contribution in [0.15, 0.2) is 0 Å². The molecule has 4 heteroatoms. The van der Waals surface area contributed by atoms with Gasteiger partial charge in [0.15, 0.2) is 0 Å². The molecule has 0 atom stereocenters. The third-order valence-corrected chi connectivity index (χ3v) is 2.85. The van der Waals surface area contributed by atoms with Crippen molar-refractivity contribution in [1.29, 1.82) is 0 Å². The third-order valence-electron chi connectivity index (χ3n) is 2.85. The molecule has 13 heavy (non-hydrogen) atoms. The van der Waals surface area contributed by atoms with Crippen LogP contribution in [0.4, 0.5) is 13.2 Å². The molecule has 1 N–H and O–H groups in total. The smallest absolute Gasteiger partial charge is 0.395 e. The van der Waals surface area contributed by atoms with Crippen molar-refractivity contribution in [2.24, 2.45) is 17.3 Å². The molecule has 0 saturated carbocycles. The van der Waals surface area contributed by atoms with Crippen LogP contribution in [0, 0.1) is 17.3 Å². The van der Waals surface area contributed by atoms with Crippen molar-refractivity contribution in [2.45, 2.75) is 33.9 Å². The van der Waals surface area contributed by atoms with Crippen LogP contribution >= 0.6 is 0 Å². The summed E-state index contributed by atoms with van der Waals surface area (Å²) in [6, 6.07) is 0. The second kappa shape index (κ2) is 3.86. The predicted molar refractivity (Wildman–Crippen MR) is 45.2 cm³/mol. The molecule has 0 heterocycles. The first kappa shape index (κ1) is 12.8. The summed E-state index contributed by atoms with van der Waals surface area (Å²) < 4.78 is 38.2. The topological polar surface area (TPSA) is 20.2 Å². The molecule has 0 amide bonds. The summed E-state index contributed by atoms with van der Waals surface area (Å²) in [5.74, 6) is -1.23. The normalized spacial score (nSPS) is 14.3. The van der Waals surface area contributed by atoms with E-state index in [1.54, 1.807) is 0 Å². The zero-order valence-electron chi connectivity index (χ0n) is 8.44. The number of rotatable bonds is 3. The molecule has 0 aliphatic heterocycles. The van der Waals surface area contributed by atoms with Crippen molar-refractivity contribution in [3.8, 4) is 0 Å². The zero-order chi connectivity index (χ0) is 10.9. The Balaban J connectivity index is 5.12. The Hall–Kier alpha value is -0.250. The fraction of sp³-hybridized carbons (Fsp3) is 1.00. The van der Waals surface area contributed by atoms with Gasteiger partial charge >= 0.3 is 6.18 Å². The van der Waals surface area contributed by atoms with Crippen LogP contribution in [0.2, 0.25) is 0 Å². The maximum atomic E-state index is 12.7. The number of hydrogen-bond donors (Lipinski definition) is 1. The van der Waals surface area contributed by atoms with Crippen molar-refractivity contribution >= 4 is 0 Å². The molecule has 0 aromatic carbocycles. The SMILES string of the molecule is CC(C)C(CO)(C(C)C)C(F)(F)F. The lowest BCUT2D eigenvalue weighted by molar-refractivity contribution is -0.267. The van der Waals surface area contributed by atoms with E-state index in [9.17, 15) is 13.2 Å². The predicted octanol–water partition coefficient (Wildman–Crippen LogP) is 2.84. The van der Waals surface area contributed by atoms with Gasteiger partial charge in [-0.25, -0.2) is 0 Å². The van der Waals surface area contributed by atoms with Crippen LogP contribution < -0.4 is 0 Å². The van der Waals surface area contributed by atoms with Crippen LogP contribution in [0.3, 0.4) is 0 Å². The van der Waals surface area contributed by atoms with Gasteiger partial charge in [0.2, 0.25) is 0 Å². The zero-order valence-corrected chi connectivity index (χ0v) is 8.44. The minimum atomic E-state index is -4.34. The van der Waals surface area contributed by atoms with Gasteiger partial charge in [-0.05, 0) is 11.8 Å². The van der Waals surface area contributed by atoms with Gasteiger partial charge in [-0.3, -0.25) is 0 Å². The lowest BCUT2D eigenvalue weighted by Gasteiger charge is -2.41. The Morgan fingerprint density at radius 2 is 1.31 bits per heavy atom. The van der Waals surface area contributed by atoms with E-state index < -0.39 is 30.0 Å². The Morgan fingerprint density at radius 3 is 1.31 bits per heavy atom. The van der Waals surface area contributed by atoms with Gasteiger partial charge in [-0.2, -0.15) is 13.2 Å². The second-order valence-corrected chi connectivity index (χ2v) is 4.01. The van der Waals surface area contributed by atoms with Crippen LogP contribution in [0.5, 0.6) is 0 Å². The lowest BCUT2D eigenvalue weighted by atomic mass is 9.69. The molecule has 1 nitrogen and oxygen atoms in total. The van der Waals surface area contributed by atoms with Gasteiger partial charge in [0.25, 0.3) is 0 Å². The summed E-state index contributed by atoms with van der Waals surface area (Å²) in [6.07, 6.45) is -4.34. The number of aliphatic hydroxyl groups is 1. The van der Waals surface area contributed by atoms with E-state index in [2.05, 4.69) is 0 Å². The van der Waals surface area contributed by atoms with Gasteiger partial charge in [0, 0.05) is 0 Å². The summed E-state index contributed by atoms with van der Waals surface area (Å²) in [6.45, 7) is 5.12. The molecule has 0 fully saturated rings.